The minimum absolute atomic E-state index is 0.835. The Kier molecular flexibility index (Phi) is 3.83. The fourth-order valence-corrected chi connectivity index (χ4v) is 9.30. The highest BCUT2D eigenvalue weighted by atomic mass is 79.9. The number of fused-ring (bicyclic) bond motifs is 2. The lowest BCUT2D eigenvalue weighted by Gasteiger charge is -2.62. The summed E-state index contributed by atoms with van der Waals surface area (Å²) in [6, 6.07) is 0. The molecule has 4 fully saturated rings. The van der Waals surface area contributed by atoms with E-state index in [0.29, 0.717) is 0 Å². The maximum absolute atomic E-state index is 4.09. The van der Waals surface area contributed by atoms with Gasteiger partial charge in [0.2, 0.25) is 0 Å². The molecule has 8 atom stereocenters. The zero-order chi connectivity index (χ0) is 14.8. The van der Waals surface area contributed by atoms with Crippen LogP contribution in [0.2, 0.25) is 0 Å². The minimum Gasteiger partial charge on any atom is -0.0888 e. The van der Waals surface area contributed by atoms with E-state index in [-0.39, 0.29) is 0 Å². The van der Waals surface area contributed by atoms with Crippen LogP contribution in [0.25, 0.3) is 0 Å². The summed E-state index contributed by atoms with van der Waals surface area (Å²) in [5.74, 6) is 7.30. The number of halogens is 2. The first kappa shape index (κ1) is 15.0. The molecule has 122 valence electrons. The summed E-state index contributed by atoms with van der Waals surface area (Å²) in [4.78, 5) is 0.835. The molecule has 2 heteroatoms. The zero-order valence-corrected chi connectivity index (χ0v) is 16.6. The number of rotatable bonds is 0. The van der Waals surface area contributed by atoms with E-state index in [1.54, 1.807) is 17.3 Å². The van der Waals surface area contributed by atoms with Gasteiger partial charge < -0.3 is 0 Å². The van der Waals surface area contributed by atoms with Crippen molar-refractivity contribution in [3.63, 3.8) is 0 Å². The fourth-order valence-electron chi connectivity index (χ4n) is 7.73. The Morgan fingerprint density at radius 2 is 1.41 bits per heavy atom. The predicted octanol–water partition coefficient (Wildman–Crippen LogP) is 6.68. The third-order valence-electron chi connectivity index (χ3n) is 8.25. The number of hydrogen-bond acceptors (Lipinski definition) is 0. The molecule has 0 aromatic rings. The summed E-state index contributed by atoms with van der Waals surface area (Å²) in [5, 5.41) is 0. The molecule has 0 N–H and O–H groups in total. The molecule has 8 unspecified atom stereocenters. The molecule has 0 saturated heterocycles. The SMILES string of the molecule is BrC1=C2CCCC3C4CCCC5C(Br)CCC(C(CC1)C23)C54. The van der Waals surface area contributed by atoms with Crippen molar-refractivity contribution in [3.05, 3.63) is 10.1 Å². The summed E-state index contributed by atoms with van der Waals surface area (Å²) in [6.45, 7) is 0. The summed E-state index contributed by atoms with van der Waals surface area (Å²) >= 11 is 8.06. The van der Waals surface area contributed by atoms with Crippen LogP contribution < -0.4 is 0 Å². The van der Waals surface area contributed by atoms with E-state index in [4.69, 9.17) is 0 Å². The topological polar surface area (TPSA) is 0 Å². The highest BCUT2D eigenvalue weighted by Crippen LogP contribution is 2.65. The van der Waals surface area contributed by atoms with E-state index in [1.165, 1.54) is 51.4 Å². The second-order valence-electron chi connectivity index (χ2n) is 8.81. The Morgan fingerprint density at radius 1 is 0.682 bits per heavy atom. The van der Waals surface area contributed by atoms with E-state index in [1.807, 2.05) is 5.57 Å². The van der Waals surface area contributed by atoms with Gasteiger partial charge in [-0.25, -0.2) is 0 Å². The molecule has 5 rings (SSSR count). The largest absolute Gasteiger partial charge is 0.0888 e. The van der Waals surface area contributed by atoms with Crippen molar-refractivity contribution in [1.29, 1.82) is 0 Å². The Morgan fingerprint density at radius 3 is 2.32 bits per heavy atom. The van der Waals surface area contributed by atoms with Crippen LogP contribution >= 0.6 is 31.9 Å². The molecule has 0 aliphatic heterocycles. The first-order valence-corrected chi connectivity index (χ1v) is 11.5. The van der Waals surface area contributed by atoms with Crippen molar-refractivity contribution >= 4 is 31.9 Å². The molecule has 0 heterocycles. The molecule has 0 spiro atoms. The van der Waals surface area contributed by atoms with Crippen LogP contribution in [0.3, 0.4) is 0 Å². The van der Waals surface area contributed by atoms with Crippen molar-refractivity contribution in [2.24, 2.45) is 41.4 Å². The minimum atomic E-state index is 0.835. The first-order chi connectivity index (χ1) is 10.8. The number of alkyl halides is 1. The van der Waals surface area contributed by atoms with E-state index < -0.39 is 0 Å². The monoisotopic (exact) mass is 426 g/mol. The molecular formula is C20H28Br2. The van der Waals surface area contributed by atoms with Gasteiger partial charge in [-0.2, -0.15) is 0 Å². The standard InChI is InChI=1S/C20H28Br2/c21-17-9-7-13-14-8-10-18(22)16-6-2-4-12(20(14)16)11-3-1-5-15(17)19(11)13/h11-15,17,19-20H,1-10H2. The van der Waals surface area contributed by atoms with Gasteiger partial charge in [-0.15, -0.1) is 0 Å². The van der Waals surface area contributed by atoms with Crippen molar-refractivity contribution < 1.29 is 0 Å². The Bertz CT molecular complexity index is 496. The summed E-state index contributed by atoms with van der Waals surface area (Å²) < 4.78 is 1.62. The van der Waals surface area contributed by atoms with Crippen molar-refractivity contribution in [1.82, 2.24) is 0 Å². The summed E-state index contributed by atoms with van der Waals surface area (Å²) in [5.41, 5.74) is 1.88. The second kappa shape index (κ2) is 5.61. The molecule has 0 aromatic carbocycles. The molecular weight excluding hydrogens is 400 g/mol. The maximum atomic E-state index is 4.09. The first-order valence-electron chi connectivity index (χ1n) is 9.77. The molecule has 5 aliphatic rings. The average molecular weight is 428 g/mol. The van der Waals surface area contributed by atoms with E-state index in [2.05, 4.69) is 31.9 Å². The highest BCUT2D eigenvalue weighted by Gasteiger charge is 2.57. The average Bonchev–Trinajstić information content (AvgIpc) is 2.56. The van der Waals surface area contributed by atoms with Crippen LogP contribution in [-0.4, -0.2) is 4.83 Å². The van der Waals surface area contributed by atoms with Gasteiger partial charge in [-0.3, -0.25) is 0 Å². The highest BCUT2D eigenvalue weighted by molar-refractivity contribution is 9.11. The van der Waals surface area contributed by atoms with Crippen LogP contribution in [0.1, 0.15) is 64.2 Å². The molecule has 5 aliphatic carbocycles. The third kappa shape index (κ3) is 2.04. The van der Waals surface area contributed by atoms with Gasteiger partial charge in [0, 0.05) is 4.83 Å². The number of hydrogen-bond donors (Lipinski definition) is 0. The van der Waals surface area contributed by atoms with Gasteiger partial charge in [0.25, 0.3) is 0 Å². The Labute approximate surface area is 152 Å². The molecule has 0 amide bonds. The Hall–Kier alpha value is 0.700. The lowest BCUT2D eigenvalue weighted by atomic mass is 9.44. The number of allylic oxidation sites excluding steroid dienone is 2. The normalized spacial score (nSPS) is 53.7. The second-order valence-corrected chi connectivity index (χ2v) is 10.9. The van der Waals surface area contributed by atoms with E-state index >= 15 is 0 Å². The van der Waals surface area contributed by atoms with Crippen LogP contribution in [0, 0.1) is 41.4 Å². The Balaban J connectivity index is 1.58. The molecule has 0 nitrogen and oxygen atoms in total. The zero-order valence-electron chi connectivity index (χ0n) is 13.4. The quantitative estimate of drug-likeness (QED) is 0.378. The molecule has 0 bridgehead atoms. The van der Waals surface area contributed by atoms with Crippen molar-refractivity contribution in [2.75, 3.05) is 0 Å². The third-order valence-corrected chi connectivity index (χ3v) is 10.3. The molecule has 0 aromatic heterocycles. The van der Waals surface area contributed by atoms with Gasteiger partial charge in [0.05, 0.1) is 0 Å². The van der Waals surface area contributed by atoms with E-state index in [9.17, 15) is 0 Å². The van der Waals surface area contributed by atoms with Crippen LogP contribution in [0.4, 0.5) is 0 Å². The smallest absolute Gasteiger partial charge is 0.0177 e. The predicted molar refractivity (Wildman–Crippen MR) is 99.3 cm³/mol. The van der Waals surface area contributed by atoms with Gasteiger partial charge >= 0.3 is 0 Å². The van der Waals surface area contributed by atoms with E-state index in [0.717, 1.165) is 46.3 Å². The molecule has 0 radical (unpaired) electrons. The van der Waals surface area contributed by atoms with Crippen molar-refractivity contribution in [2.45, 2.75) is 69.0 Å². The van der Waals surface area contributed by atoms with Crippen LogP contribution in [0.15, 0.2) is 10.1 Å². The van der Waals surface area contributed by atoms with Crippen molar-refractivity contribution in [3.8, 4) is 0 Å². The summed E-state index contributed by atoms with van der Waals surface area (Å²) in [7, 11) is 0. The van der Waals surface area contributed by atoms with Crippen LogP contribution in [-0.2, 0) is 0 Å². The van der Waals surface area contributed by atoms with Gasteiger partial charge in [0.1, 0.15) is 0 Å². The maximum Gasteiger partial charge on any atom is 0.0177 e. The van der Waals surface area contributed by atoms with Gasteiger partial charge in [-0.1, -0.05) is 43.9 Å². The summed E-state index contributed by atoms with van der Waals surface area (Å²) in [6.07, 6.45) is 14.8. The van der Waals surface area contributed by atoms with Gasteiger partial charge in [-0.05, 0) is 104 Å². The lowest BCUT2D eigenvalue weighted by molar-refractivity contribution is -0.0924. The fraction of sp³-hybridized carbons (Fsp3) is 0.900. The lowest BCUT2D eigenvalue weighted by Crippen LogP contribution is -2.56. The molecule has 22 heavy (non-hydrogen) atoms. The van der Waals surface area contributed by atoms with Crippen LogP contribution in [0.5, 0.6) is 0 Å². The molecule has 4 saturated carbocycles. The van der Waals surface area contributed by atoms with Gasteiger partial charge in [0.15, 0.2) is 0 Å².